The molecule has 1 aliphatic carbocycles. The van der Waals surface area contributed by atoms with E-state index in [0.717, 1.165) is 29.0 Å². The Kier molecular flexibility index (Phi) is 5.16. The van der Waals surface area contributed by atoms with Crippen LogP contribution in [0.2, 0.25) is 0 Å². The Morgan fingerprint density at radius 1 is 1.15 bits per heavy atom. The molecule has 1 aromatic rings. The van der Waals surface area contributed by atoms with Gasteiger partial charge in [-0.15, -0.1) is 0 Å². The van der Waals surface area contributed by atoms with Crippen molar-refractivity contribution in [3.8, 4) is 11.5 Å². The summed E-state index contributed by atoms with van der Waals surface area (Å²) in [6.45, 7) is 4.67. The average molecular weight is 277 g/mol. The van der Waals surface area contributed by atoms with E-state index in [2.05, 4.69) is 25.2 Å². The van der Waals surface area contributed by atoms with Crippen LogP contribution in [0.3, 0.4) is 0 Å². The summed E-state index contributed by atoms with van der Waals surface area (Å²) >= 11 is 0. The third-order valence-electron chi connectivity index (χ3n) is 4.43. The van der Waals surface area contributed by atoms with Crippen molar-refractivity contribution in [1.82, 2.24) is 0 Å². The summed E-state index contributed by atoms with van der Waals surface area (Å²) in [5.41, 5.74) is 1.07. The zero-order chi connectivity index (χ0) is 14.5. The van der Waals surface area contributed by atoms with Gasteiger partial charge in [-0.3, -0.25) is 0 Å². The first-order valence-electron chi connectivity index (χ1n) is 7.62. The van der Waals surface area contributed by atoms with Gasteiger partial charge in [0.2, 0.25) is 0 Å². The van der Waals surface area contributed by atoms with Crippen molar-refractivity contribution >= 4 is 5.69 Å². The fraction of sp³-hybridized carbons (Fsp3) is 0.647. The molecule has 112 valence electrons. The van der Waals surface area contributed by atoms with Gasteiger partial charge >= 0.3 is 0 Å². The number of benzene rings is 1. The molecule has 3 nitrogen and oxygen atoms in total. The smallest absolute Gasteiger partial charge is 0.145 e. The van der Waals surface area contributed by atoms with Crippen LogP contribution in [0.5, 0.6) is 11.5 Å². The molecule has 2 rings (SSSR count). The lowest BCUT2D eigenvalue weighted by molar-refractivity contribution is 0.264. The number of anilines is 1. The lowest BCUT2D eigenvalue weighted by Gasteiger charge is -2.33. The SMILES string of the molecule is COc1ccc(NC2CCCC(C(C)C)C2)c(OC)c1. The third-order valence-corrected chi connectivity index (χ3v) is 4.43. The number of hydrogen-bond donors (Lipinski definition) is 1. The van der Waals surface area contributed by atoms with E-state index in [1.54, 1.807) is 14.2 Å². The van der Waals surface area contributed by atoms with Crippen LogP contribution in [0.25, 0.3) is 0 Å². The molecule has 1 fully saturated rings. The van der Waals surface area contributed by atoms with Crippen molar-refractivity contribution in [3.63, 3.8) is 0 Å². The zero-order valence-electron chi connectivity index (χ0n) is 13.1. The van der Waals surface area contributed by atoms with E-state index >= 15 is 0 Å². The maximum Gasteiger partial charge on any atom is 0.145 e. The van der Waals surface area contributed by atoms with Crippen LogP contribution < -0.4 is 14.8 Å². The fourth-order valence-electron chi connectivity index (χ4n) is 3.10. The van der Waals surface area contributed by atoms with Gasteiger partial charge in [-0.05, 0) is 36.8 Å². The highest BCUT2D eigenvalue weighted by molar-refractivity contribution is 5.59. The molecule has 0 radical (unpaired) electrons. The summed E-state index contributed by atoms with van der Waals surface area (Å²) < 4.78 is 10.7. The second kappa shape index (κ2) is 6.87. The maximum absolute atomic E-state index is 5.46. The molecule has 0 amide bonds. The van der Waals surface area contributed by atoms with Crippen LogP contribution in [0.4, 0.5) is 5.69 Å². The van der Waals surface area contributed by atoms with Crippen molar-refractivity contribution in [2.45, 2.75) is 45.6 Å². The number of nitrogens with one attached hydrogen (secondary N) is 1. The Balaban J connectivity index is 2.05. The molecule has 1 saturated carbocycles. The van der Waals surface area contributed by atoms with Crippen molar-refractivity contribution < 1.29 is 9.47 Å². The van der Waals surface area contributed by atoms with E-state index < -0.39 is 0 Å². The van der Waals surface area contributed by atoms with Crippen LogP contribution in [0.1, 0.15) is 39.5 Å². The van der Waals surface area contributed by atoms with Crippen LogP contribution >= 0.6 is 0 Å². The minimum atomic E-state index is 0.554. The summed E-state index contributed by atoms with van der Waals surface area (Å²) in [6, 6.07) is 6.52. The molecular weight excluding hydrogens is 250 g/mol. The van der Waals surface area contributed by atoms with Gasteiger partial charge in [0, 0.05) is 12.1 Å². The predicted octanol–water partition coefficient (Wildman–Crippen LogP) is 4.33. The Bertz CT molecular complexity index is 431. The molecule has 0 heterocycles. The lowest BCUT2D eigenvalue weighted by atomic mass is 9.79. The monoisotopic (exact) mass is 277 g/mol. The highest BCUT2D eigenvalue weighted by Crippen LogP contribution is 2.35. The van der Waals surface area contributed by atoms with Crippen LogP contribution in [0, 0.1) is 11.8 Å². The molecular formula is C17H27NO2. The van der Waals surface area contributed by atoms with Crippen molar-refractivity contribution in [1.29, 1.82) is 0 Å². The minimum absolute atomic E-state index is 0.554. The van der Waals surface area contributed by atoms with Gasteiger partial charge in [-0.1, -0.05) is 26.7 Å². The van der Waals surface area contributed by atoms with E-state index in [9.17, 15) is 0 Å². The Morgan fingerprint density at radius 2 is 1.95 bits per heavy atom. The summed E-state index contributed by atoms with van der Waals surface area (Å²) in [5, 5.41) is 3.66. The predicted molar refractivity (Wildman–Crippen MR) is 83.8 cm³/mol. The maximum atomic E-state index is 5.46. The standard InChI is InChI=1S/C17H27NO2/c1-12(2)13-6-5-7-14(10-13)18-16-9-8-15(19-3)11-17(16)20-4/h8-9,11-14,18H,5-7,10H2,1-4H3. The molecule has 1 aromatic carbocycles. The van der Waals surface area contributed by atoms with Crippen LogP contribution in [-0.4, -0.2) is 20.3 Å². The topological polar surface area (TPSA) is 30.5 Å². The fourth-order valence-corrected chi connectivity index (χ4v) is 3.10. The first kappa shape index (κ1) is 15.0. The first-order valence-corrected chi connectivity index (χ1v) is 7.62. The second-order valence-electron chi connectivity index (χ2n) is 6.08. The van der Waals surface area contributed by atoms with E-state index in [-0.39, 0.29) is 0 Å². The lowest BCUT2D eigenvalue weighted by Crippen LogP contribution is -2.29. The Hall–Kier alpha value is -1.38. The molecule has 20 heavy (non-hydrogen) atoms. The van der Waals surface area contributed by atoms with E-state index in [4.69, 9.17) is 9.47 Å². The average Bonchev–Trinajstić information content (AvgIpc) is 2.48. The number of hydrogen-bond acceptors (Lipinski definition) is 3. The largest absolute Gasteiger partial charge is 0.497 e. The van der Waals surface area contributed by atoms with Crippen molar-refractivity contribution in [2.75, 3.05) is 19.5 Å². The molecule has 0 bridgehead atoms. The molecule has 0 aliphatic heterocycles. The van der Waals surface area contributed by atoms with Gasteiger partial charge in [-0.2, -0.15) is 0 Å². The quantitative estimate of drug-likeness (QED) is 0.869. The van der Waals surface area contributed by atoms with Gasteiger partial charge < -0.3 is 14.8 Å². The van der Waals surface area contributed by atoms with E-state index in [1.165, 1.54) is 25.7 Å². The summed E-state index contributed by atoms with van der Waals surface area (Å²) in [5.74, 6) is 3.30. The van der Waals surface area contributed by atoms with E-state index in [0.29, 0.717) is 6.04 Å². The van der Waals surface area contributed by atoms with E-state index in [1.807, 2.05) is 12.1 Å². The van der Waals surface area contributed by atoms with Gasteiger partial charge in [0.05, 0.1) is 19.9 Å². The molecule has 0 aromatic heterocycles. The van der Waals surface area contributed by atoms with Gasteiger partial charge in [-0.25, -0.2) is 0 Å². The Morgan fingerprint density at radius 3 is 2.60 bits per heavy atom. The second-order valence-corrected chi connectivity index (χ2v) is 6.08. The normalized spacial score (nSPS) is 22.6. The molecule has 1 aliphatic rings. The molecule has 2 unspecified atom stereocenters. The summed E-state index contributed by atoms with van der Waals surface area (Å²) in [7, 11) is 3.38. The van der Waals surface area contributed by atoms with Crippen LogP contribution in [-0.2, 0) is 0 Å². The highest BCUT2D eigenvalue weighted by Gasteiger charge is 2.24. The molecule has 2 atom stereocenters. The van der Waals surface area contributed by atoms with Crippen molar-refractivity contribution in [3.05, 3.63) is 18.2 Å². The van der Waals surface area contributed by atoms with Crippen molar-refractivity contribution in [2.24, 2.45) is 11.8 Å². The summed E-state index contributed by atoms with van der Waals surface area (Å²) in [4.78, 5) is 0. The first-order chi connectivity index (χ1) is 9.63. The van der Waals surface area contributed by atoms with Crippen LogP contribution in [0.15, 0.2) is 18.2 Å². The van der Waals surface area contributed by atoms with Gasteiger partial charge in [0.15, 0.2) is 0 Å². The molecule has 0 spiro atoms. The number of methoxy groups -OCH3 is 2. The highest BCUT2D eigenvalue weighted by atomic mass is 16.5. The summed E-state index contributed by atoms with van der Waals surface area (Å²) in [6.07, 6.45) is 5.19. The number of ether oxygens (including phenoxy) is 2. The molecule has 1 N–H and O–H groups in total. The molecule has 0 saturated heterocycles. The number of rotatable bonds is 5. The third kappa shape index (κ3) is 3.59. The minimum Gasteiger partial charge on any atom is -0.497 e. The van der Waals surface area contributed by atoms with Gasteiger partial charge in [0.25, 0.3) is 0 Å². The zero-order valence-corrected chi connectivity index (χ0v) is 13.1. The Labute approximate surface area is 122 Å². The molecule has 3 heteroatoms. The van der Waals surface area contributed by atoms with Gasteiger partial charge in [0.1, 0.15) is 11.5 Å².